The minimum Gasteiger partial charge on any atom is -0.343 e. The molecule has 162 valence electrons. The number of hydrogen-bond donors (Lipinski definition) is 2. The van der Waals surface area contributed by atoms with Crippen LogP contribution < -0.4 is 10.0 Å². The number of nitrogens with one attached hydrogen (secondary N) is 2. The van der Waals surface area contributed by atoms with E-state index in [-0.39, 0.29) is 23.2 Å². The molecule has 0 aliphatic rings. The van der Waals surface area contributed by atoms with Gasteiger partial charge in [0.05, 0.1) is 11.4 Å². The summed E-state index contributed by atoms with van der Waals surface area (Å²) in [4.78, 5) is 16.7. The lowest BCUT2D eigenvalue weighted by Gasteiger charge is -2.08. The Morgan fingerprint density at radius 1 is 0.938 bits per heavy atom. The minimum atomic E-state index is -3.67. The van der Waals surface area contributed by atoms with E-state index < -0.39 is 10.0 Å². The van der Waals surface area contributed by atoms with Crippen molar-refractivity contribution >= 4 is 21.6 Å². The van der Waals surface area contributed by atoms with Crippen molar-refractivity contribution in [3.8, 4) is 11.4 Å². The third-order valence-electron chi connectivity index (χ3n) is 4.63. The molecule has 0 spiro atoms. The lowest BCUT2D eigenvalue weighted by atomic mass is 10.1. The van der Waals surface area contributed by atoms with Gasteiger partial charge in [-0.3, -0.25) is 9.52 Å². The van der Waals surface area contributed by atoms with Gasteiger partial charge in [-0.15, -0.1) is 0 Å². The summed E-state index contributed by atoms with van der Waals surface area (Å²) in [6, 6.07) is 21.9. The van der Waals surface area contributed by atoms with E-state index in [4.69, 9.17) is 4.52 Å². The summed E-state index contributed by atoms with van der Waals surface area (Å²) in [5, 5.41) is 6.66. The molecule has 0 saturated heterocycles. The van der Waals surface area contributed by atoms with E-state index in [1.54, 1.807) is 54.6 Å². The number of carbonyl (C=O) groups excluding carboxylic acids is 1. The first-order chi connectivity index (χ1) is 15.4. The maximum Gasteiger partial charge on any atom is 0.261 e. The summed E-state index contributed by atoms with van der Waals surface area (Å²) < 4.78 is 32.6. The summed E-state index contributed by atoms with van der Waals surface area (Å²) in [7, 11) is -3.67. The first-order valence-corrected chi connectivity index (χ1v) is 11.2. The number of sulfonamides is 1. The average Bonchev–Trinajstić information content (AvgIpc) is 3.28. The van der Waals surface area contributed by atoms with E-state index in [1.165, 1.54) is 12.1 Å². The molecular formula is C23H20N4O4S. The van der Waals surface area contributed by atoms with Crippen molar-refractivity contribution in [2.24, 2.45) is 0 Å². The number of carbonyl (C=O) groups is 1. The normalized spacial score (nSPS) is 11.2. The van der Waals surface area contributed by atoms with Crippen LogP contribution in [-0.4, -0.2) is 24.5 Å². The predicted molar refractivity (Wildman–Crippen MR) is 119 cm³/mol. The molecule has 0 aliphatic carbocycles. The second-order valence-electron chi connectivity index (χ2n) is 7.06. The second-order valence-corrected chi connectivity index (χ2v) is 8.74. The Morgan fingerprint density at radius 3 is 2.31 bits per heavy atom. The Hall–Kier alpha value is -3.98. The topological polar surface area (TPSA) is 114 Å². The second kappa shape index (κ2) is 9.03. The Morgan fingerprint density at radius 2 is 1.62 bits per heavy atom. The molecule has 4 rings (SSSR count). The molecule has 1 aromatic heterocycles. The minimum absolute atomic E-state index is 0.0919. The molecule has 0 saturated carbocycles. The van der Waals surface area contributed by atoms with Gasteiger partial charge in [-0.2, -0.15) is 4.98 Å². The lowest BCUT2D eigenvalue weighted by molar-refractivity contribution is 0.0946. The van der Waals surface area contributed by atoms with Crippen molar-refractivity contribution in [3.63, 3.8) is 0 Å². The molecule has 2 N–H and O–H groups in total. The van der Waals surface area contributed by atoms with Crippen molar-refractivity contribution in [3.05, 3.63) is 95.9 Å². The lowest BCUT2D eigenvalue weighted by Crippen LogP contribution is -2.22. The Kier molecular flexibility index (Phi) is 6.00. The van der Waals surface area contributed by atoms with Gasteiger partial charge in [-0.05, 0) is 55.5 Å². The molecule has 32 heavy (non-hydrogen) atoms. The fourth-order valence-corrected chi connectivity index (χ4v) is 3.99. The van der Waals surface area contributed by atoms with Gasteiger partial charge in [0.15, 0.2) is 0 Å². The first-order valence-electron chi connectivity index (χ1n) is 9.76. The highest BCUT2D eigenvalue weighted by Crippen LogP contribution is 2.21. The highest BCUT2D eigenvalue weighted by molar-refractivity contribution is 7.92. The van der Waals surface area contributed by atoms with Crippen LogP contribution in [0.4, 0.5) is 5.69 Å². The molecule has 0 bridgehead atoms. The number of aromatic nitrogens is 2. The largest absolute Gasteiger partial charge is 0.343 e. The number of rotatable bonds is 7. The summed E-state index contributed by atoms with van der Waals surface area (Å²) >= 11 is 0. The van der Waals surface area contributed by atoms with E-state index >= 15 is 0 Å². The quantitative estimate of drug-likeness (QED) is 0.445. The van der Waals surface area contributed by atoms with E-state index in [2.05, 4.69) is 20.2 Å². The third kappa shape index (κ3) is 5.01. The van der Waals surface area contributed by atoms with E-state index in [9.17, 15) is 13.2 Å². The van der Waals surface area contributed by atoms with Gasteiger partial charge >= 0.3 is 0 Å². The van der Waals surface area contributed by atoms with Crippen molar-refractivity contribution < 1.29 is 17.7 Å². The van der Waals surface area contributed by atoms with Gasteiger partial charge in [-0.25, -0.2) is 8.42 Å². The highest BCUT2D eigenvalue weighted by atomic mass is 32.2. The summed E-state index contributed by atoms with van der Waals surface area (Å²) in [5.41, 5.74) is 2.67. The monoisotopic (exact) mass is 448 g/mol. The average molecular weight is 449 g/mol. The Labute approximate surface area is 185 Å². The molecule has 9 heteroatoms. The van der Waals surface area contributed by atoms with Gasteiger partial charge < -0.3 is 9.84 Å². The van der Waals surface area contributed by atoms with E-state index in [1.807, 2.05) is 19.1 Å². The number of nitrogens with zero attached hydrogens (tertiary/aromatic N) is 2. The summed E-state index contributed by atoms with van der Waals surface area (Å²) in [6.07, 6.45) is 0. The zero-order valence-corrected chi connectivity index (χ0v) is 18.0. The Bertz CT molecular complexity index is 1320. The van der Waals surface area contributed by atoms with Crippen molar-refractivity contribution in [1.29, 1.82) is 0 Å². The SMILES string of the molecule is Cc1ccc(C(=O)NCc2nc(-c3ccc(NS(=O)(=O)c4ccccc4)cc3)no2)cc1. The fraction of sp³-hybridized carbons (Fsp3) is 0.0870. The first kappa shape index (κ1) is 21.3. The number of hydrogen-bond acceptors (Lipinski definition) is 6. The molecular weight excluding hydrogens is 428 g/mol. The van der Waals surface area contributed by atoms with Crippen LogP contribution in [0, 0.1) is 6.92 Å². The maximum atomic E-state index is 12.4. The van der Waals surface area contributed by atoms with Gasteiger partial charge in [0.1, 0.15) is 0 Å². The molecule has 0 radical (unpaired) electrons. The van der Waals surface area contributed by atoms with E-state index in [0.29, 0.717) is 22.6 Å². The maximum absolute atomic E-state index is 12.4. The molecule has 0 unspecified atom stereocenters. The van der Waals surface area contributed by atoms with Crippen LogP contribution in [-0.2, 0) is 16.6 Å². The molecule has 3 aromatic carbocycles. The van der Waals surface area contributed by atoms with Crippen molar-refractivity contribution in [1.82, 2.24) is 15.5 Å². The standard InChI is InChI=1S/C23H20N4O4S/c1-16-7-9-18(10-8-16)23(28)24-15-21-25-22(26-31-21)17-11-13-19(14-12-17)27-32(29,30)20-5-3-2-4-6-20/h2-14,27H,15H2,1H3,(H,24,28). The van der Waals surface area contributed by atoms with Crippen LogP contribution >= 0.6 is 0 Å². The van der Waals surface area contributed by atoms with Crippen molar-refractivity contribution in [2.45, 2.75) is 18.4 Å². The van der Waals surface area contributed by atoms with Crippen LogP contribution in [0.25, 0.3) is 11.4 Å². The number of anilines is 1. The van der Waals surface area contributed by atoms with Crippen LogP contribution in [0.5, 0.6) is 0 Å². The zero-order chi connectivity index (χ0) is 22.6. The van der Waals surface area contributed by atoms with E-state index in [0.717, 1.165) is 5.56 Å². The number of amides is 1. The summed E-state index contributed by atoms with van der Waals surface area (Å²) in [6.45, 7) is 2.04. The molecule has 0 atom stereocenters. The zero-order valence-electron chi connectivity index (χ0n) is 17.1. The van der Waals surface area contributed by atoms with Crippen molar-refractivity contribution in [2.75, 3.05) is 4.72 Å². The molecule has 1 amide bonds. The molecule has 4 aromatic rings. The predicted octanol–water partition coefficient (Wildman–Crippen LogP) is 3.78. The van der Waals surface area contributed by atoms with Gasteiger partial charge in [0.2, 0.25) is 11.7 Å². The third-order valence-corrected chi connectivity index (χ3v) is 6.03. The van der Waals surface area contributed by atoms with Crippen LogP contribution in [0.2, 0.25) is 0 Å². The van der Waals surface area contributed by atoms with Gasteiger partial charge in [0, 0.05) is 16.8 Å². The Balaban J connectivity index is 1.39. The molecule has 8 nitrogen and oxygen atoms in total. The van der Waals surface area contributed by atoms with Gasteiger partial charge in [0.25, 0.3) is 15.9 Å². The molecule has 1 heterocycles. The van der Waals surface area contributed by atoms with Gasteiger partial charge in [-0.1, -0.05) is 41.1 Å². The van der Waals surface area contributed by atoms with Crippen LogP contribution in [0.3, 0.4) is 0 Å². The van der Waals surface area contributed by atoms with Crippen LogP contribution in [0.15, 0.2) is 88.3 Å². The molecule has 0 fully saturated rings. The van der Waals surface area contributed by atoms with Crippen LogP contribution in [0.1, 0.15) is 21.8 Å². The number of aryl methyl sites for hydroxylation is 1. The highest BCUT2D eigenvalue weighted by Gasteiger charge is 2.14. The molecule has 0 aliphatic heterocycles. The summed E-state index contributed by atoms with van der Waals surface area (Å²) in [5.74, 6) is 0.358. The number of benzene rings is 3. The smallest absolute Gasteiger partial charge is 0.261 e. The fourth-order valence-electron chi connectivity index (χ4n) is 2.91.